The second-order valence-electron chi connectivity index (χ2n) is 5.67. The van der Waals surface area contributed by atoms with E-state index in [2.05, 4.69) is 35.7 Å². The van der Waals surface area contributed by atoms with E-state index in [0.717, 1.165) is 6.20 Å². The average molecular weight is 408 g/mol. The third kappa shape index (κ3) is 4.56. The smallest absolute Gasteiger partial charge is 0.433 e. The molecule has 3 aromatic heterocycles. The van der Waals surface area contributed by atoms with Gasteiger partial charge in [-0.25, -0.2) is 24.7 Å². The Hall–Kier alpha value is -3.77. The van der Waals surface area contributed by atoms with Crippen molar-refractivity contribution in [3.8, 4) is 11.7 Å². The van der Waals surface area contributed by atoms with Crippen LogP contribution in [0, 0.1) is 0 Å². The fraction of sp³-hybridized carbons (Fsp3) is 0.250. The third-order valence-electron chi connectivity index (χ3n) is 3.68. The molecule has 3 rings (SSSR count). The van der Waals surface area contributed by atoms with Gasteiger partial charge in [0, 0.05) is 18.5 Å². The lowest BCUT2D eigenvalue weighted by atomic mass is 10.3. The van der Waals surface area contributed by atoms with Gasteiger partial charge in [-0.1, -0.05) is 0 Å². The lowest BCUT2D eigenvalue weighted by Gasteiger charge is -2.16. The molecule has 0 aliphatic heterocycles. The van der Waals surface area contributed by atoms with E-state index in [-0.39, 0.29) is 17.4 Å². The van der Waals surface area contributed by atoms with Gasteiger partial charge in [0.05, 0.1) is 19.3 Å². The molecule has 0 saturated heterocycles. The Balaban J connectivity index is 1.73. The second kappa shape index (κ2) is 8.08. The zero-order chi connectivity index (χ0) is 21.0. The van der Waals surface area contributed by atoms with Crippen LogP contribution in [0.15, 0.2) is 37.1 Å². The zero-order valence-electron chi connectivity index (χ0n) is 15.2. The summed E-state index contributed by atoms with van der Waals surface area (Å²) in [6.45, 7) is 1.64. The number of ether oxygens (including phenoxy) is 1. The molecular weight excluding hydrogens is 393 g/mol. The van der Waals surface area contributed by atoms with Crippen molar-refractivity contribution >= 4 is 11.7 Å². The number of methoxy groups -OCH3 is 1. The van der Waals surface area contributed by atoms with Crippen molar-refractivity contribution in [1.82, 2.24) is 35.0 Å². The maximum atomic E-state index is 12.8. The predicted molar refractivity (Wildman–Crippen MR) is 93.3 cm³/mol. The van der Waals surface area contributed by atoms with E-state index in [1.165, 1.54) is 30.5 Å². The fourth-order valence-corrected chi connectivity index (χ4v) is 2.37. The van der Waals surface area contributed by atoms with Crippen molar-refractivity contribution in [3.05, 3.63) is 48.6 Å². The van der Waals surface area contributed by atoms with Gasteiger partial charge in [0.2, 0.25) is 0 Å². The Bertz CT molecular complexity index is 993. The van der Waals surface area contributed by atoms with Crippen LogP contribution in [-0.4, -0.2) is 42.9 Å². The SMILES string of the molecule is COc1cc(C(F)(F)F)ncc1NC(=O)N[C@@H](C)c1ncnn1-c1ncccn1. The standard InChI is InChI=1S/C16H15F3N8O2/c1-9(13-23-8-24-27(13)14-20-4-3-5-21-14)25-15(28)26-10-7-22-12(16(17,18)19)6-11(10)29-2/h3-9H,1-2H3,(H2,25,26,28)/t9-/m0/s1. The van der Waals surface area contributed by atoms with Crippen molar-refractivity contribution in [1.29, 1.82) is 0 Å². The maximum Gasteiger partial charge on any atom is 0.433 e. The molecular formula is C16H15F3N8O2. The number of halogens is 3. The van der Waals surface area contributed by atoms with Gasteiger partial charge in [-0.05, 0) is 13.0 Å². The molecule has 0 saturated carbocycles. The van der Waals surface area contributed by atoms with E-state index < -0.39 is 23.9 Å². The van der Waals surface area contributed by atoms with Crippen LogP contribution in [0.25, 0.3) is 5.95 Å². The largest absolute Gasteiger partial charge is 0.494 e. The molecule has 152 valence electrons. The van der Waals surface area contributed by atoms with Gasteiger partial charge >= 0.3 is 12.2 Å². The van der Waals surface area contributed by atoms with Crippen LogP contribution in [-0.2, 0) is 6.18 Å². The molecule has 29 heavy (non-hydrogen) atoms. The number of alkyl halides is 3. The zero-order valence-corrected chi connectivity index (χ0v) is 15.2. The highest BCUT2D eigenvalue weighted by molar-refractivity contribution is 5.90. The maximum absolute atomic E-state index is 12.8. The topological polar surface area (TPSA) is 120 Å². The number of carbonyl (C=O) groups is 1. The van der Waals surface area contributed by atoms with Crippen LogP contribution in [0.2, 0.25) is 0 Å². The summed E-state index contributed by atoms with van der Waals surface area (Å²) in [6.07, 6.45) is 0.577. The Kier molecular flexibility index (Phi) is 5.57. The van der Waals surface area contributed by atoms with E-state index in [1.807, 2.05) is 0 Å². The first-order valence-corrected chi connectivity index (χ1v) is 8.15. The molecule has 3 heterocycles. The minimum absolute atomic E-state index is 0.0296. The lowest BCUT2D eigenvalue weighted by molar-refractivity contribution is -0.141. The number of aromatic nitrogens is 6. The summed E-state index contributed by atoms with van der Waals surface area (Å²) in [5.41, 5.74) is -1.16. The van der Waals surface area contributed by atoms with Crippen LogP contribution >= 0.6 is 0 Å². The Morgan fingerprint density at radius 2 is 1.93 bits per heavy atom. The molecule has 0 bridgehead atoms. The molecule has 0 aliphatic carbocycles. The number of carbonyl (C=O) groups excluding carboxylic acids is 1. The predicted octanol–water partition coefficient (Wildman–Crippen LogP) is 2.36. The summed E-state index contributed by atoms with van der Waals surface area (Å²) < 4.78 is 44.5. The summed E-state index contributed by atoms with van der Waals surface area (Å²) in [7, 11) is 1.18. The van der Waals surface area contributed by atoms with Gasteiger partial charge in [-0.2, -0.15) is 23.0 Å². The van der Waals surface area contributed by atoms with Gasteiger partial charge < -0.3 is 15.4 Å². The first kappa shape index (κ1) is 20.0. The van der Waals surface area contributed by atoms with E-state index >= 15 is 0 Å². The molecule has 0 spiro atoms. The van der Waals surface area contributed by atoms with E-state index in [0.29, 0.717) is 11.9 Å². The summed E-state index contributed by atoms with van der Waals surface area (Å²) in [6, 6.07) is 0.999. The molecule has 10 nitrogen and oxygen atoms in total. The molecule has 0 aromatic carbocycles. The minimum atomic E-state index is -4.63. The van der Waals surface area contributed by atoms with Crippen LogP contribution in [0.5, 0.6) is 5.75 Å². The van der Waals surface area contributed by atoms with Crippen LogP contribution in [0.4, 0.5) is 23.7 Å². The Morgan fingerprint density at radius 1 is 1.21 bits per heavy atom. The fourth-order valence-electron chi connectivity index (χ4n) is 2.37. The molecule has 0 fully saturated rings. The highest BCUT2D eigenvalue weighted by Crippen LogP contribution is 2.33. The number of nitrogens with zero attached hydrogens (tertiary/aromatic N) is 6. The minimum Gasteiger partial charge on any atom is -0.494 e. The summed E-state index contributed by atoms with van der Waals surface area (Å²) in [5, 5.41) is 9.03. The van der Waals surface area contributed by atoms with Crippen molar-refractivity contribution in [2.45, 2.75) is 19.1 Å². The van der Waals surface area contributed by atoms with Crippen molar-refractivity contribution in [2.24, 2.45) is 0 Å². The number of urea groups is 1. The lowest BCUT2D eigenvalue weighted by Crippen LogP contribution is -2.33. The van der Waals surface area contributed by atoms with Crippen LogP contribution in [0.3, 0.4) is 0 Å². The van der Waals surface area contributed by atoms with Gasteiger partial charge in [0.25, 0.3) is 5.95 Å². The Morgan fingerprint density at radius 3 is 2.59 bits per heavy atom. The monoisotopic (exact) mass is 408 g/mol. The number of anilines is 1. The molecule has 1 atom stereocenters. The molecule has 3 aromatic rings. The number of nitrogens with one attached hydrogen (secondary N) is 2. The van der Waals surface area contributed by atoms with Crippen LogP contribution < -0.4 is 15.4 Å². The van der Waals surface area contributed by atoms with Gasteiger partial charge in [0.15, 0.2) is 5.82 Å². The molecule has 0 radical (unpaired) electrons. The van der Waals surface area contributed by atoms with E-state index in [9.17, 15) is 18.0 Å². The number of hydrogen-bond acceptors (Lipinski definition) is 7. The quantitative estimate of drug-likeness (QED) is 0.665. The number of hydrogen-bond donors (Lipinski definition) is 2. The molecule has 2 N–H and O–H groups in total. The Labute approximate surface area is 162 Å². The van der Waals surface area contributed by atoms with Crippen molar-refractivity contribution < 1.29 is 22.7 Å². The van der Waals surface area contributed by atoms with Gasteiger partial charge in [-0.15, -0.1) is 0 Å². The highest BCUT2D eigenvalue weighted by Gasteiger charge is 2.33. The summed E-state index contributed by atoms with van der Waals surface area (Å²) >= 11 is 0. The molecule has 13 heteroatoms. The van der Waals surface area contributed by atoms with Gasteiger partial charge in [-0.3, -0.25) is 0 Å². The first-order valence-electron chi connectivity index (χ1n) is 8.15. The third-order valence-corrected chi connectivity index (χ3v) is 3.68. The molecule has 2 amide bonds. The second-order valence-corrected chi connectivity index (χ2v) is 5.67. The normalized spacial score (nSPS) is 12.3. The first-order chi connectivity index (χ1) is 13.8. The van der Waals surface area contributed by atoms with E-state index in [1.54, 1.807) is 13.0 Å². The number of rotatable bonds is 5. The van der Waals surface area contributed by atoms with E-state index in [4.69, 9.17) is 4.74 Å². The van der Waals surface area contributed by atoms with Crippen molar-refractivity contribution in [2.75, 3.05) is 12.4 Å². The van der Waals surface area contributed by atoms with Crippen molar-refractivity contribution in [3.63, 3.8) is 0 Å². The highest BCUT2D eigenvalue weighted by atomic mass is 19.4. The molecule has 0 aliphatic rings. The van der Waals surface area contributed by atoms with Gasteiger partial charge in [0.1, 0.15) is 23.5 Å². The molecule has 0 unspecified atom stereocenters. The average Bonchev–Trinajstić information content (AvgIpc) is 3.18. The number of amides is 2. The van der Waals surface area contributed by atoms with Crippen LogP contribution in [0.1, 0.15) is 24.5 Å². The summed E-state index contributed by atoms with van der Waals surface area (Å²) in [4.78, 5) is 27.8. The number of pyridine rings is 1. The summed E-state index contributed by atoms with van der Waals surface area (Å²) in [5.74, 6) is 0.433.